The maximum atomic E-state index is 12.6. The third kappa shape index (κ3) is 2.02. The van der Waals surface area contributed by atoms with Gasteiger partial charge in [-0.2, -0.15) is 0 Å². The van der Waals surface area contributed by atoms with Crippen LogP contribution < -0.4 is 5.32 Å². The van der Waals surface area contributed by atoms with Crippen molar-refractivity contribution in [3.63, 3.8) is 0 Å². The number of amides is 2. The molecule has 0 aromatic carbocycles. The molecule has 1 unspecified atom stereocenters. The lowest BCUT2D eigenvalue weighted by molar-refractivity contribution is -0.150. The Hall–Kier alpha value is -1.06. The van der Waals surface area contributed by atoms with Crippen molar-refractivity contribution in [1.29, 1.82) is 0 Å². The van der Waals surface area contributed by atoms with Crippen LogP contribution in [0.15, 0.2) is 0 Å². The van der Waals surface area contributed by atoms with Crippen LogP contribution in [0.25, 0.3) is 0 Å². The fourth-order valence-electron chi connectivity index (χ4n) is 3.53. The molecular weight excluding hydrogens is 228 g/mol. The van der Waals surface area contributed by atoms with Gasteiger partial charge in [-0.3, -0.25) is 9.59 Å². The monoisotopic (exact) mass is 250 g/mol. The minimum atomic E-state index is -0.543. The summed E-state index contributed by atoms with van der Waals surface area (Å²) < 4.78 is 0. The maximum absolute atomic E-state index is 12.6. The number of nitrogens with zero attached hydrogens (tertiary/aromatic N) is 1. The number of carbonyl (C=O) groups is 2. The van der Waals surface area contributed by atoms with Gasteiger partial charge in [0.15, 0.2) is 0 Å². The normalized spacial score (nSPS) is 28.6. The SMILES string of the molecule is CC(CN1CC(=O)NC2(CCCC2)C1=O)C1CC1. The Kier molecular flexibility index (Phi) is 2.83. The Bertz CT molecular complexity index is 370. The predicted molar refractivity (Wildman–Crippen MR) is 67.8 cm³/mol. The zero-order valence-electron chi connectivity index (χ0n) is 11.1. The van der Waals surface area contributed by atoms with Gasteiger partial charge in [0.05, 0.1) is 6.54 Å². The zero-order chi connectivity index (χ0) is 12.8. The van der Waals surface area contributed by atoms with Crippen molar-refractivity contribution in [1.82, 2.24) is 10.2 Å². The molecule has 100 valence electrons. The minimum absolute atomic E-state index is 0.0273. The molecule has 1 heterocycles. The standard InChI is InChI=1S/C14H22N2O2/c1-10(11-4-5-11)8-16-9-12(17)15-14(13(16)18)6-2-3-7-14/h10-11H,2-9H2,1H3,(H,15,17). The van der Waals surface area contributed by atoms with E-state index >= 15 is 0 Å². The molecule has 1 aliphatic heterocycles. The van der Waals surface area contributed by atoms with E-state index in [9.17, 15) is 9.59 Å². The number of hydrogen-bond acceptors (Lipinski definition) is 2. The fourth-order valence-corrected chi connectivity index (χ4v) is 3.53. The van der Waals surface area contributed by atoms with Crippen molar-refractivity contribution in [2.45, 2.75) is 51.0 Å². The van der Waals surface area contributed by atoms with Gasteiger partial charge < -0.3 is 10.2 Å². The highest BCUT2D eigenvalue weighted by molar-refractivity contribution is 5.98. The highest BCUT2D eigenvalue weighted by Crippen LogP contribution is 2.38. The molecule has 0 aromatic heterocycles. The van der Waals surface area contributed by atoms with Gasteiger partial charge in [-0.15, -0.1) is 0 Å². The summed E-state index contributed by atoms with van der Waals surface area (Å²) in [5, 5.41) is 2.96. The Labute approximate surface area is 108 Å². The second-order valence-electron chi connectivity index (χ2n) is 6.34. The van der Waals surface area contributed by atoms with Crippen molar-refractivity contribution < 1.29 is 9.59 Å². The summed E-state index contributed by atoms with van der Waals surface area (Å²) in [4.78, 5) is 26.2. The molecule has 0 bridgehead atoms. The molecule has 3 aliphatic rings. The summed E-state index contributed by atoms with van der Waals surface area (Å²) in [5.41, 5.74) is -0.543. The second kappa shape index (κ2) is 4.25. The van der Waals surface area contributed by atoms with Gasteiger partial charge in [-0.25, -0.2) is 0 Å². The fraction of sp³-hybridized carbons (Fsp3) is 0.857. The first-order valence-corrected chi connectivity index (χ1v) is 7.21. The quantitative estimate of drug-likeness (QED) is 0.821. The van der Waals surface area contributed by atoms with E-state index < -0.39 is 5.54 Å². The average Bonchev–Trinajstić information content (AvgIpc) is 3.08. The first-order chi connectivity index (χ1) is 8.61. The van der Waals surface area contributed by atoms with Crippen LogP contribution in [0.3, 0.4) is 0 Å². The lowest BCUT2D eigenvalue weighted by Gasteiger charge is -2.40. The number of piperazine rings is 1. The Morgan fingerprint density at radius 2 is 2.00 bits per heavy atom. The van der Waals surface area contributed by atoms with Crippen molar-refractivity contribution >= 4 is 11.8 Å². The Morgan fingerprint density at radius 1 is 1.33 bits per heavy atom. The lowest BCUT2D eigenvalue weighted by atomic mass is 9.92. The van der Waals surface area contributed by atoms with E-state index in [0.717, 1.165) is 38.1 Å². The average molecular weight is 250 g/mol. The highest BCUT2D eigenvalue weighted by atomic mass is 16.2. The molecule has 3 fully saturated rings. The summed E-state index contributed by atoms with van der Waals surface area (Å²) in [5.74, 6) is 1.52. The number of nitrogens with one attached hydrogen (secondary N) is 1. The molecule has 1 saturated heterocycles. The molecule has 18 heavy (non-hydrogen) atoms. The molecule has 4 heteroatoms. The molecular formula is C14H22N2O2. The summed E-state index contributed by atoms with van der Waals surface area (Å²) in [6.45, 7) is 3.23. The largest absolute Gasteiger partial charge is 0.340 e. The first-order valence-electron chi connectivity index (χ1n) is 7.21. The Balaban J connectivity index is 1.72. The van der Waals surface area contributed by atoms with E-state index in [1.54, 1.807) is 0 Å². The Morgan fingerprint density at radius 3 is 2.61 bits per heavy atom. The van der Waals surface area contributed by atoms with E-state index in [1.165, 1.54) is 12.8 Å². The molecule has 2 amide bonds. The van der Waals surface area contributed by atoms with Crippen LogP contribution in [0, 0.1) is 11.8 Å². The van der Waals surface area contributed by atoms with Crippen LogP contribution in [0.2, 0.25) is 0 Å². The van der Waals surface area contributed by atoms with E-state index in [4.69, 9.17) is 0 Å². The maximum Gasteiger partial charge on any atom is 0.248 e. The third-order valence-electron chi connectivity index (χ3n) is 4.80. The van der Waals surface area contributed by atoms with Crippen molar-refractivity contribution in [2.75, 3.05) is 13.1 Å². The summed E-state index contributed by atoms with van der Waals surface area (Å²) in [7, 11) is 0. The predicted octanol–water partition coefficient (Wildman–Crippen LogP) is 1.30. The molecule has 1 N–H and O–H groups in total. The van der Waals surface area contributed by atoms with E-state index in [2.05, 4.69) is 12.2 Å². The van der Waals surface area contributed by atoms with Gasteiger partial charge in [-0.1, -0.05) is 19.8 Å². The smallest absolute Gasteiger partial charge is 0.248 e. The van der Waals surface area contributed by atoms with Crippen LogP contribution >= 0.6 is 0 Å². The minimum Gasteiger partial charge on any atom is -0.340 e. The van der Waals surface area contributed by atoms with Gasteiger partial charge >= 0.3 is 0 Å². The van der Waals surface area contributed by atoms with Crippen LogP contribution in [0.4, 0.5) is 0 Å². The molecule has 1 spiro atoms. The molecule has 1 atom stereocenters. The summed E-state index contributed by atoms with van der Waals surface area (Å²) >= 11 is 0. The number of rotatable bonds is 3. The van der Waals surface area contributed by atoms with Gasteiger partial charge in [0.25, 0.3) is 0 Å². The van der Waals surface area contributed by atoms with Crippen LogP contribution in [-0.4, -0.2) is 35.3 Å². The van der Waals surface area contributed by atoms with Crippen molar-refractivity contribution in [3.8, 4) is 0 Å². The van der Waals surface area contributed by atoms with Crippen LogP contribution in [0.1, 0.15) is 45.4 Å². The molecule has 2 saturated carbocycles. The number of carbonyl (C=O) groups excluding carboxylic acids is 2. The zero-order valence-corrected chi connectivity index (χ0v) is 11.1. The lowest BCUT2D eigenvalue weighted by Crippen LogP contribution is -2.65. The van der Waals surface area contributed by atoms with Crippen LogP contribution in [0.5, 0.6) is 0 Å². The van der Waals surface area contributed by atoms with Gasteiger partial charge in [-0.05, 0) is 37.5 Å². The van der Waals surface area contributed by atoms with Crippen molar-refractivity contribution in [2.24, 2.45) is 11.8 Å². The molecule has 3 rings (SSSR count). The summed E-state index contributed by atoms with van der Waals surface area (Å²) in [6.07, 6.45) is 6.34. The van der Waals surface area contributed by atoms with E-state index in [0.29, 0.717) is 5.92 Å². The molecule has 4 nitrogen and oxygen atoms in total. The molecule has 2 aliphatic carbocycles. The van der Waals surface area contributed by atoms with Gasteiger partial charge in [0.1, 0.15) is 5.54 Å². The molecule has 0 radical (unpaired) electrons. The third-order valence-corrected chi connectivity index (χ3v) is 4.80. The van der Waals surface area contributed by atoms with Crippen molar-refractivity contribution in [3.05, 3.63) is 0 Å². The second-order valence-corrected chi connectivity index (χ2v) is 6.34. The van der Waals surface area contributed by atoms with Gasteiger partial charge in [0, 0.05) is 6.54 Å². The first kappa shape index (κ1) is 12.0. The van der Waals surface area contributed by atoms with E-state index in [-0.39, 0.29) is 18.4 Å². The number of hydrogen-bond donors (Lipinski definition) is 1. The molecule has 0 aromatic rings. The van der Waals surface area contributed by atoms with Gasteiger partial charge in [0.2, 0.25) is 11.8 Å². The highest BCUT2D eigenvalue weighted by Gasteiger charge is 2.48. The summed E-state index contributed by atoms with van der Waals surface area (Å²) in [6, 6.07) is 0. The van der Waals surface area contributed by atoms with Crippen LogP contribution in [-0.2, 0) is 9.59 Å². The van der Waals surface area contributed by atoms with E-state index in [1.807, 2.05) is 4.90 Å². The topological polar surface area (TPSA) is 49.4 Å².